The SMILES string of the molecule is COc1ccc(COc2ccc(F)c(C)c2)cc1OC. The summed E-state index contributed by atoms with van der Waals surface area (Å²) in [5.74, 6) is 1.74. The number of halogens is 1. The molecule has 0 atom stereocenters. The topological polar surface area (TPSA) is 27.7 Å². The van der Waals surface area contributed by atoms with Gasteiger partial charge in [0.2, 0.25) is 0 Å². The number of benzene rings is 2. The minimum absolute atomic E-state index is 0.233. The fourth-order valence-electron chi connectivity index (χ4n) is 1.84. The molecule has 0 unspecified atom stereocenters. The van der Waals surface area contributed by atoms with Crippen molar-refractivity contribution in [1.82, 2.24) is 0 Å². The molecule has 0 aliphatic carbocycles. The molecule has 20 heavy (non-hydrogen) atoms. The number of hydrogen-bond acceptors (Lipinski definition) is 3. The van der Waals surface area contributed by atoms with Crippen LogP contribution in [0.3, 0.4) is 0 Å². The summed E-state index contributed by atoms with van der Waals surface area (Å²) in [5, 5.41) is 0. The Morgan fingerprint density at radius 3 is 2.35 bits per heavy atom. The molecule has 0 saturated heterocycles. The van der Waals surface area contributed by atoms with E-state index in [0.717, 1.165) is 5.56 Å². The van der Waals surface area contributed by atoms with Gasteiger partial charge < -0.3 is 14.2 Å². The van der Waals surface area contributed by atoms with E-state index in [1.54, 1.807) is 33.3 Å². The van der Waals surface area contributed by atoms with E-state index in [0.29, 0.717) is 29.4 Å². The molecule has 4 heteroatoms. The van der Waals surface area contributed by atoms with E-state index in [1.165, 1.54) is 6.07 Å². The van der Waals surface area contributed by atoms with Crippen molar-refractivity contribution in [2.45, 2.75) is 13.5 Å². The second-order valence-electron chi connectivity index (χ2n) is 4.39. The third-order valence-electron chi connectivity index (χ3n) is 2.98. The predicted octanol–water partition coefficient (Wildman–Crippen LogP) is 3.73. The third-order valence-corrected chi connectivity index (χ3v) is 2.98. The maximum absolute atomic E-state index is 13.2. The molecule has 3 nitrogen and oxygen atoms in total. The van der Waals surface area contributed by atoms with Crippen molar-refractivity contribution < 1.29 is 18.6 Å². The summed E-state index contributed by atoms with van der Waals surface area (Å²) in [6.07, 6.45) is 0. The number of rotatable bonds is 5. The Balaban J connectivity index is 2.08. The average Bonchev–Trinajstić information content (AvgIpc) is 2.48. The molecular weight excluding hydrogens is 259 g/mol. The lowest BCUT2D eigenvalue weighted by Gasteiger charge is -2.11. The summed E-state index contributed by atoms with van der Waals surface area (Å²) < 4.78 is 29.2. The molecule has 0 bridgehead atoms. The van der Waals surface area contributed by atoms with Gasteiger partial charge in [-0.05, 0) is 48.4 Å². The van der Waals surface area contributed by atoms with Crippen LogP contribution in [-0.2, 0) is 6.61 Å². The van der Waals surface area contributed by atoms with Crippen LogP contribution in [0.5, 0.6) is 17.2 Å². The van der Waals surface area contributed by atoms with Crippen LogP contribution in [0.15, 0.2) is 36.4 Å². The fourth-order valence-corrected chi connectivity index (χ4v) is 1.84. The van der Waals surface area contributed by atoms with E-state index >= 15 is 0 Å². The van der Waals surface area contributed by atoms with Crippen LogP contribution in [0.1, 0.15) is 11.1 Å². The number of hydrogen-bond donors (Lipinski definition) is 0. The molecule has 106 valence electrons. The molecule has 2 aromatic carbocycles. The van der Waals surface area contributed by atoms with Gasteiger partial charge in [0.05, 0.1) is 14.2 Å². The van der Waals surface area contributed by atoms with E-state index in [2.05, 4.69) is 0 Å². The molecule has 0 fully saturated rings. The van der Waals surface area contributed by atoms with Crippen LogP contribution < -0.4 is 14.2 Å². The van der Waals surface area contributed by atoms with Gasteiger partial charge in [-0.25, -0.2) is 4.39 Å². The normalized spacial score (nSPS) is 10.2. The summed E-state index contributed by atoms with van der Waals surface area (Å²) in [6.45, 7) is 2.09. The highest BCUT2D eigenvalue weighted by Gasteiger charge is 2.05. The fraction of sp³-hybridized carbons (Fsp3) is 0.250. The van der Waals surface area contributed by atoms with Crippen molar-refractivity contribution >= 4 is 0 Å². The van der Waals surface area contributed by atoms with Gasteiger partial charge in [0.15, 0.2) is 11.5 Å². The third kappa shape index (κ3) is 3.20. The van der Waals surface area contributed by atoms with E-state index in [9.17, 15) is 4.39 Å². The lowest BCUT2D eigenvalue weighted by Crippen LogP contribution is -1.98. The first kappa shape index (κ1) is 14.2. The zero-order chi connectivity index (χ0) is 14.5. The van der Waals surface area contributed by atoms with Crippen molar-refractivity contribution in [2.75, 3.05) is 14.2 Å². The molecule has 0 aliphatic heterocycles. The second kappa shape index (κ2) is 6.28. The molecular formula is C16H17FO3. The smallest absolute Gasteiger partial charge is 0.161 e. The van der Waals surface area contributed by atoms with Crippen LogP contribution in [0, 0.1) is 12.7 Å². The van der Waals surface area contributed by atoms with Crippen LogP contribution in [0.4, 0.5) is 4.39 Å². The summed E-state index contributed by atoms with van der Waals surface area (Å²) in [6, 6.07) is 10.3. The molecule has 0 N–H and O–H groups in total. The number of ether oxygens (including phenoxy) is 3. The number of aryl methyl sites for hydroxylation is 1. The van der Waals surface area contributed by atoms with Gasteiger partial charge in [0, 0.05) is 0 Å². The molecule has 0 aromatic heterocycles. The van der Waals surface area contributed by atoms with Crippen molar-refractivity contribution in [3.05, 3.63) is 53.3 Å². The largest absolute Gasteiger partial charge is 0.493 e. The van der Waals surface area contributed by atoms with Gasteiger partial charge in [-0.1, -0.05) is 6.07 Å². The first-order valence-electron chi connectivity index (χ1n) is 6.24. The van der Waals surface area contributed by atoms with Crippen molar-refractivity contribution in [3.63, 3.8) is 0 Å². The van der Waals surface area contributed by atoms with Gasteiger partial charge in [-0.15, -0.1) is 0 Å². The van der Waals surface area contributed by atoms with E-state index in [1.807, 2.05) is 18.2 Å². The monoisotopic (exact) mass is 276 g/mol. The summed E-state index contributed by atoms with van der Waals surface area (Å²) >= 11 is 0. The van der Waals surface area contributed by atoms with E-state index in [-0.39, 0.29) is 5.82 Å². The van der Waals surface area contributed by atoms with Crippen molar-refractivity contribution in [1.29, 1.82) is 0 Å². The molecule has 0 amide bonds. The summed E-state index contributed by atoms with van der Waals surface area (Å²) in [4.78, 5) is 0. The van der Waals surface area contributed by atoms with Crippen LogP contribution in [-0.4, -0.2) is 14.2 Å². The van der Waals surface area contributed by atoms with Gasteiger partial charge in [0.25, 0.3) is 0 Å². The Morgan fingerprint density at radius 1 is 0.950 bits per heavy atom. The maximum atomic E-state index is 13.2. The minimum Gasteiger partial charge on any atom is -0.493 e. The highest BCUT2D eigenvalue weighted by molar-refractivity contribution is 5.42. The van der Waals surface area contributed by atoms with Gasteiger partial charge in [-0.2, -0.15) is 0 Å². The quantitative estimate of drug-likeness (QED) is 0.832. The first-order chi connectivity index (χ1) is 9.63. The zero-order valence-corrected chi connectivity index (χ0v) is 11.8. The molecule has 0 aliphatic rings. The van der Waals surface area contributed by atoms with Gasteiger partial charge >= 0.3 is 0 Å². The lowest BCUT2D eigenvalue weighted by molar-refractivity contribution is 0.303. The summed E-state index contributed by atoms with van der Waals surface area (Å²) in [7, 11) is 3.18. The predicted molar refractivity (Wildman–Crippen MR) is 75.0 cm³/mol. The molecule has 0 radical (unpaired) electrons. The van der Waals surface area contributed by atoms with Crippen molar-refractivity contribution in [3.8, 4) is 17.2 Å². The Morgan fingerprint density at radius 2 is 1.70 bits per heavy atom. The van der Waals surface area contributed by atoms with Gasteiger partial charge in [0.1, 0.15) is 18.2 Å². The molecule has 0 saturated carbocycles. The van der Waals surface area contributed by atoms with E-state index in [4.69, 9.17) is 14.2 Å². The molecule has 0 spiro atoms. The zero-order valence-electron chi connectivity index (χ0n) is 11.8. The highest BCUT2D eigenvalue weighted by Crippen LogP contribution is 2.28. The lowest BCUT2D eigenvalue weighted by atomic mass is 10.2. The summed E-state index contributed by atoms with van der Waals surface area (Å²) in [5.41, 5.74) is 1.51. The molecule has 2 rings (SSSR count). The molecule has 2 aromatic rings. The minimum atomic E-state index is -0.233. The van der Waals surface area contributed by atoms with Crippen LogP contribution in [0.25, 0.3) is 0 Å². The van der Waals surface area contributed by atoms with E-state index < -0.39 is 0 Å². The maximum Gasteiger partial charge on any atom is 0.161 e. The second-order valence-corrected chi connectivity index (χ2v) is 4.39. The Hall–Kier alpha value is -2.23. The Bertz CT molecular complexity index is 596. The van der Waals surface area contributed by atoms with Crippen LogP contribution >= 0.6 is 0 Å². The highest BCUT2D eigenvalue weighted by atomic mass is 19.1. The Labute approximate surface area is 117 Å². The van der Waals surface area contributed by atoms with Crippen LogP contribution in [0.2, 0.25) is 0 Å². The average molecular weight is 276 g/mol. The standard InChI is InChI=1S/C16H17FO3/c1-11-8-13(5-6-14(11)17)20-10-12-4-7-15(18-2)16(9-12)19-3/h4-9H,10H2,1-3H3. The molecule has 0 heterocycles. The Kier molecular flexibility index (Phi) is 4.45. The van der Waals surface area contributed by atoms with Crippen molar-refractivity contribution in [2.24, 2.45) is 0 Å². The number of methoxy groups -OCH3 is 2. The van der Waals surface area contributed by atoms with Gasteiger partial charge in [-0.3, -0.25) is 0 Å². The first-order valence-corrected chi connectivity index (χ1v) is 6.24.